The second kappa shape index (κ2) is 6.80. The molecule has 1 N–H and O–H groups in total. The number of hydrogen-bond acceptors (Lipinski definition) is 5. The fourth-order valence-electron chi connectivity index (χ4n) is 2.15. The van der Waals surface area contributed by atoms with Crippen molar-refractivity contribution in [2.24, 2.45) is 0 Å². The minimum Gasteiger partial charge on any atom is -0.371 e. The summed E-state index contributed by atoms with van der Waals surface area (Å²) >= 11 is 0. The monoisotopic (exact) mass is 297 g/mol. The Bertz CT molecular complexity index is 780. The van der Waals surface area contributed by atoms with Gasteiger partial charge in [0.25, 0.3) is 0 Å². The number of Topliss-reactive ketones (excluding diaryl/α,β-unsaturated/α-hetero) is 1. The van der Waals surface area contributed by atoms with Gasteiger partial charge in [-0.3, -0.25) is 14.2 Å². The van der Waals surface area contributed by atoms with Crippen LogP contribution in [0.25, 0.3) is 16.9 Å². The van der Waals surface area contributed by atoms with E-state index in [1.54, 1.807) is 30.0 Å². The zero-order valence-electron chi connectivity index (χ0n) is 13.2. The minimum absolute atomic E-state index is 0.101. The fraction of sp³-hybridized carbons (Fsp3) is 0.250. The lowest BCUT2D eigenvalue weighted by Crippen LogP contribution is -2.02. The number of nitrogens with one attached hydrogen (secondary N) is 1. The van der Waals surface area contributed by atoms with E-state index < -0.39 is 0 Å². The third-order valence-electron chi connectivity index (χ3n) is 3.01. The number of imidazole rings is 1. The Kier molecular flexibility index (Phi) is 4.83. The van der Waals surface area contributed by atoms with E-state index in [9.17, 15) is 4.79 Å². The second-order valence-corrected chi connectivity index (χ2v) is 4.30. The van der Waals surface area contributed by atoms with Gasteiger partial charge in [0.05, 0.1) is 5.69 Å². The molecule has 0 amide bonds. The lowest BCUT2D eigenvalue weighted by molar-refractivity contribution is 0.100. The first kappa shape index (κ1) is 15.6. The van der Waals surface area contributed by atoms with E-state index in [1.165, 1.54) is 6.92 Å². The molecular weight excluding hydrogens is 278 g/mol. The Morgan fingerprint density at radius 3 is 2.55 bits per heavy atom. The molecule has 0 atom stereocenters. The van der Waals surface area contributed by atoms with Crippen LogP contribution in [0.2, 0.25) is 0 Å². The van der Waals surface area contributed by atoms with Crippen LogP contribution in [0.1, 0.15) is 31.4 Å². The lowest BCUT2D eigenvalue weighted by Gasteiger charge is -2.04. The summed E-state index contributed by atoms with van der Waals surface area (Å²) in [5, 5.41) is 3.02. The SMILES string of the molecule is CC.CNc1nccn2c(C(C)=O)nc(-c3ccccn3)c12. The van der Waals surface area contributed by atoms with Gasteiger partial charge in [0.2, 0.25) is 0 Å². The van der Waals surface area contributed by atoms with Crippen molar-refractivity contribution in [3.63, 3.8) is 0 Å². The summed E-state index contributed by atoms with van der Waals surface area (Å²) in [6.07, 6.45) is 5.06. The molecule has 22 heavy (non-hydrogen) atoms. The predicted octanol–water partition coefficient (Wildman–Crippen LogP) is 3.06. The molecule has 0 saturated carbocycles. The van der Waals surface area contributed by atoms with Crippen LogP contribution >= 0.6 is 0 Å². The number of ketones is 1. The molecule has 0 aromatic carbocycles. The number of carbonyl (C=O) groups excluding carboxylic acids is 1. The van der Waals surface area contributed by atoms with Gasteiger partial charge in [0.1, 0.15) is 11.2 Å². The number of aromatic nitrogens is 4. The first-order chi connectivity index (χ1) is 10.7. The summed E-state index contributed by atoms with van der Waals surface area (Å²) in [5.74, 6) is 0.933. The van der Waals surface area contributed by atoms with Crippen molar-refractivity contribution in [1.82, 2.24) is 19.4 Å². The molecule has 0 aliphatic carbocycles. The van der Waals surface area contributed by atoms with Crippen LogP contribution in [0.5, 0.6) is 0 Å². The van der Waals surface area contributed by atoms with Crippen LogP contribution in [0.3, 0.4) is 0 Å². The average molecular weight is 297 g/mol. The molecular formula is C16H19N5O. The van der Waals surface area contributed by atoms with Crippen LogP contribution in [0.4, 0.5) is 5.82 Å². The van der Waals surface area contributed by atoms with Gasteiger partial charge in [-0.05, 0) is 12.1 Å². The van der Waals surface area contributed by atoms with Gasteiger partial charge in [0, 0.05) is 32.6 Å². The summed E-state index contributed by atoms with van der Waals surface area (Å²) in [6, 6.07) is 5.58. The van der Waals surface area contributed by atoms with E-state index in [0.29, 0.717) is 23.0 Å². The Hall–Kier alpha value is -2.76. The standard InChI is InChI=1S/C14H13N5O.C2H6/c1-9(20)14-18-11(10-5-3-4-6-16-10)12-13(15-2)17-7-8-19(12)14;1-2/h3-8H,1-2H3,(H,15,17);1-2H3. The number of nitrogens with zero attached hydrogens (tertiary/aromatic N) is 4. The molecule has 0 radical (unpaired) electrons. The maximum Gasteiger partial charge on any atom is 0.195 e. The van der Waals surface area contributed by atoms with Gasteiger partial charge < -0.3 is 5.32 Å². The molecule has 0 aliphatic rings. The molecule has 3 heterocycles. The Balaban J connectivity index is 0.000000847. The average Bonchev–Trinajstić information content (AvgIpc) is 2.97. The molecule has 0 bridgehead atoms. The first-order valence-corrected chi connectivity index (χ1v) is 7.19. The number of pyridine rings is 1. The Labute approximate surface area is 129 Å². The summed E-state index contributed by atoms with van der Waals surface area (Å²) in [7, 11) is 1.78. The molecule has 6 nitrogen and oxygen atoms in total. The van der Waals surface area contributed by atoms with Crippen LogP contribution < -0.4 is 5.32 Å². The highest BCUT2D eigenvalue weighted by molar-refractivity contribution is 5.96. The maximum atomic E-state index is 11.8. The predicted molar refractivity (Wildman–Crippen MR) is 87.1 cm³/mol. The normalized spacial score (nSPS) is 10.0. The van der Waals surface area contributed by atoms with Crippen LogP contribution in [0.15, 0.2) is 36.8 Å². The summed E-state index contributed by atoms with van der Waals surface area (Å²) < 4.78 is 1.74. The third-order valence-corrected chi connectivity index (χ3v) is 3.01. The van der Waals surface area contributed by atoms with Crippen molar-refractivity contribution >= 4 is 17.1 Å². The zero-order valence-corrected chi connectivity index (χ0v) is 13.2. The van der Waals surface area contributed by atoms with E-state index in [1.807, 2.05) is 32.0 Å². The lowest BCUT2D eigenvalue weighted by atomic mass is 10.2. The summed E-state index contributed by atoms with van der Waals surface area (Å²) in [4.78, 5) is 24.8. The quantitative estimate of drug-likeness (QED) is 0.752. The van der Waals surface area contributed by atoms with E-state index in [2.05, 4.69) is 20.3 Å². The van der Waals surface area contributed by atoms with Crippen molar-refractivity contribution in [3.05, 3.63) is 42.6 Å². The van der Waals surface area contributed by atoms with Crippen molar-refractivity contribution in [2.45, 2.75) is 20.8 Å². The first-order valence-electron chi connectivity index (χ1n) is 7.19. The smallest absolute Gasteiger partial charge is 0.195 e. The molecule has 0 spiro atoms. The van der Waals surface area contributed by atoms with Gasteiger partial charge in [-0.15, -0.1) is 0 Å². The molecule has 0 saturated heterocycles. The van der Waals surface area contributed by atoms with E-state index in [-0.39, 0.29) is 5.78 Å². The van der Waals surface area contributed by atoms with Crippen molar-refractivity contribution in [3.8, 4) is 11.4 Å². The Morgan fingerprint density at radius 1 is 1.18 bits per heavy atom. The van der Waals surface area contributed by atoms with Crippen molar-refractivity contribution in [1.29, 1.82) is 0 Å². The van der Waals surface area contributed by atoms with Gasteiger partial charge in [-0.1, -0.05) is 19.9 Å². The maximum absolute atomic E-state index is 11.8. The van der Waals surface area contributed by atoms with Gasteiger partial charge in [-0.2, -0.15) is 0 Å². The number of carbonyl (C=O) groups is 1. The van der Waals surface area contributed by atoms with Crippen LogP contribution in [-0.2, 0) is 0 Å². The Morgan fingerprint density at radius 2 is 1.95 bits per heavy atom. The largest absolute Gasteiger partial charge is 0.371 e. The third kappa shape index (κ3) is 2.67. The number of fused-ring (bicyclic) bond motifs is 1. The van der Waals surface area contributed by atoms with Crippen molar-refractivity contribution < 1.29 is 4.79 Å². The van der Waals surface area contributed by atoms with E-state index in [0.717, 1.165) is 5.52 Å². The second-order valence-electron chi connectivity index (χ2n) is 4.30. The molecule has 0 fully saturated rings. The molecule has 6 heteroatoms. The molecule has 3 aromatic rings. The molecule has 3 aromatic heterocycles. The molecule has 114 valence electrons. The number of hydrogen-bond donors (Lipinski definition) is 1. The molecule has 0 unspecified atom stereocenters. The molecule has 0 aliphatic heterocycles. The van der Waals surface area contributed by atoms with Crippen LogP contribution in [-0.4, -0.2) is 32.2 Å². The highest BCUT2D eigenvalue weighted by Gasteiger charge is 2.19. The van der Waals surface area contributed by atoms with E-state index >= 15 is 0 Å². The van der Waals surface area contributed by atoms with E-state index in [4.69, 9.17) is 0 Å². The topological polar surface area (TPSA) is 72.2 Å². The van der Waals surface area contributed by atoms with Crippen LogP contribution in [0, 0.1) is 0 Å². The fourth-order valence-corrected chi connectivity index (χ4v) is 2.15. The van der Waals surface area contributed by atoms with Gasteiger partial charge in [-0.25, -0.2) is 9.97 Å². The number of rotatable bonds is 3. The molecule has 3 rings (SSSR count). The summed E-state index contributed by atoms with van der Waals surface area (Å²) in [5.41, 5.74) is 2.11. The highest BCUT2D eigenvalue weighted by atomic mass is 16.1. The summed E-state index contributed by atoms with van der Waals surface area (Å²) in [6.45, 7) is 5.50. The number of anilines is 1. The zero-order chi connectivity index (χ0) is 16.1. The van der Waals surface area contributed by atoms with Crippen molar-refractivity contribution in [2.75, 3.05) is 12.4 Å². The highest BCUT2D eigenvalue weighted by Crippen LogP contribution is 2.27. The van der Waals surface area contributed by atoms with Gasteiger partial charge >= 0.3 is 0 Å². The minimum atomic E-state index is -0.101. The van der Waals surface area contributed by atoms with Gasteiger partial charge in [0.15, 0.2) is 17.4 Å².